The molecule has 2 fully saturated rings. The normalized spacial score (nSPS) is 20.8. The van der Waals surface area contributed by atoms with Crippen LogP contribution in [0.15, 0.2) is 18.2 Å². The second kappa shape index (κ2) is 7.64. The van der Waals surface area contributed by atoms with Gasteiger partial charge >= 0.3 is 0 Å². The van der Waals surface area contributed by atoms with E-state index in [0.29, 0.717) is 19.1 Å². The molecule has 0 spiro atoms. The van der Waals surface area contributed by atoms with Gasteiger partial charge in [-0.2, -0.15) is 0 Å². The molecule has 5 heteroatoms. The summed E-state index contributed by atoms with van der Waals surface area (Å²) in [5, 5.41) is 13.6. The molecule has 132 valence electrons. The maximum absolute atomic E-state index is 11.9. The van der Waals surface area contributed by atoms with Gasteiger partial charge in [0.05, 0.1) is 12.6 Å². The Labute approximate surface area is 144 Å². The van der Waals surface area contributed by atoms with Crippen molar-refractivity contribution in [1.82, 2.24) is 15.1 Å². The summed E-state index contributed by atoms with van der Waals surface area (Å²) in [4.78, 5) is 16.4. The molecule has 1 heterocycles. The van der Waals surface area contributed by atoms with Gasteiger partial charge in [0.1, 0.15) is 0 Å². The minimum absolute atomic E-state index is 0.154. The Morgan fingerprint density at radius 1 is 1.12 bits per heavy atom. The molecule has 1 aliphatic carbocycles. The van der Waals surface area contributed by atoms with Crippen LogP contribution in [-0.4, -0.2) is 66.1 Å². The lowest BCUT2D eigenvalue weighted by atomic mass is 10.0. The number of nitrogens with one attached hydrogen (secondary N) is 1. The lowest BCUT2D eigenvalue weighted by Gasteiger charge is -2.35. The summed E-state index contributed by atoms with van der Waals surface area (Å²) in [5.41, 5.74) is 3.38. The number of benzene rings is 1. The Morgan fingerprint density at radius 3 is 2.29 bits per heavy atom. The van der Waals surface area contributed by atoms with Crippen LogP contribution in [0.1, 0.15) is 35.6 Å². The SMILES string of the molecule is Cc1cc(C)cc(C(O)CN2CCN(CC(=O)NC3CC3)CC2)c1. The molecule has 5 nitrogen and oxygen atoms in total. The number of amides is 1. The Balaban J connectivity index is 1.43. The fourth-order valence-corrected chi connectivity index (χ4v) is 3.39. The molecule has 1 atom stereocenters. The van der Waals surface area contributed by atoms with E-state index in [1.54, 1.807) is 0 Å². The van der Waals surface area contributed by atoms with E-state index in [1.807, 2.05) is 0 Å². The molecule has 24 heavy (non-hydrogen) atoms. The van der Waals surface area contributed by atoms with Crippen molar-refractivity contribution in [3.05, 3.63) is 34.9 Å². The second-order valence-corrected chi connectivity index (χ2v) is 7.36. The molecule has 3 rings (SSSR count). The first kappa shape index (κ1) is 17.4. The highest BCUT2D eigenvalue weighted by molar-refractivity contribution is 5.78. The van der Waals surface area contributed by atoms with Gasteiger partial charge in [0.25, 0.3) is 0 Å². The number of aliphatic hydroxyl groups excluding tert-OH is 1. The Hall–Kier alpha value is -1.43. The van der Waals surface area contributed by atoms with E-state index >= 15 is 0 Å². The van der Waals surface area contributed by atoms with Crippen LogP contribution in [0.3, 0.4) is 0 Å². The predicted octanol–water partition coefficient (Wildman–Crippen LogP) is 1.23. The zero-order valence-corrected chi connectivity index (χ0v) is 14.8. The van der Waals surface area contributed by atoms with Gasteiger partial charge in [-0.15, -0.1) is 0 Å². The van der Waals surface area contributed by atoms with Gasteiger partial charge in [-0.05, 0) is 32.3 Å². The summed E-state index contributed by atoms with van der Waals surface area (Å²) >= 11 is 0. The van der Waals surface area contributed by atoms with Gasteiger partial charge in [-0.25, -0.2) is 0 Å². The van der Waals surface area contributed by atoms with Crippen LogP contribution < -0.4 is 5.32 Å². The smallest absolute Gasteiger partial charge is 0.234 e. The quantitative estimate of drug-likeness (QED) is 0.823. The maximum atomic E-state index is 11.9. The van der Waals surface area contributed by atoms with Crippen molar-refractivity contribution in [2.75, 3.05) is 39.3 Å². The van der Waals surface area contributed by atoms with Crippen molar-refractivity contribution < 1.29 is 9.90 Å². The van der Waals surface area contributed by atoms with Crippen LogP contribution in [0.2, 0.25) is 0 Å². The van der Waals surface area contributed by atoms with Gasteiger partial charge in [-0.3, -0.25) is 14.6 Å². The van der Waals surface area contributed by atoms with Gasteiger partial charge in [-0.1, -0.05) is 29.3 Å². The average molecular weight is 331 g/mol. The van der Waals surface area contributed by atoms with Crippen LogP contribution in [-0.2, 0) is 4.79 Å². The number of carbonyl (C=O) groups excluding carboxylic acids is 1. The van der Waals surface area contributed by atoms with Crippen LogP contribution >= 0.6 is 0 Å². The first-order chi connectivity index (χ1) is 11.5. The van der Waals surface area contributed by atoms with Crippen LogP contribution in [0.5, 0.6) is 0 Å². The molecule has 2 N–H and O–H groups in total. The fraction of sp³-hybridized carbons (Fsp3) is 0.632. The van der Waals surface area contributed by atoms with E-state index in [1.165, 1.54) is 11.1 Å². The third-order valence-corrected chi connectivity index (χ3v) is 4.83. The topological polar surface area (TPSA) is 55.8 Å². The van der Waals surface area contributed by atoms with E-state index in [-0.39, 0.29) is 5.91 Å². The molecule has 0 bridgehead atoms. The zero-order valence-electron chi connectivity index (χ0n) is 14.8. The number of hydrogen-bond acceptors (Lipinski definition) is 4. The minimum atomic E-state index is -0.451. The zero-order chi connectivity index (χ0) is 17.1. The van der Waals surface area contributed by atoms with E-state index < -0.39 is 6.10 Å². The standard InChI is InChI=1S/C19H29N3O2/c1-14-9-15(2)11-16(10-14)18(23)12-21-5-7-22(8-6-21)13-19(24)20-17-3-4-17/h9-11,17-18,23H,3-8,12-13H2,1-2H3,(H,20,24). The summed E-state index contributed by atoms with van der Waals surface area (Å²) in [6.07, 6.45) is 1.82. The van der Waals surface area contributed by atoms with Gasteiger partial charge < -0.3 is 10.4 Å². The lowest BCUT2D eigenvalue weighted by molar-refractivity contribution is -0.122. The molecule has 1 aliphatic heterocycles. The number of nitrogens with zero attached hydrogens (tertiary/aromatic N) is 2. The number of β-amino-alcohol motifs (C(OH)–C–C–N with tert-alkyl or cyclic N) is 1. The number of piperazine rings is 1. The molecule has 1 aromatic carbocycles. The number of aryl methyl sites for hydroxylation is 2. The van der Waals surface area contributed by atoms with E-state index in [0.717, 1.165) is 44.6 Å². The minimum Gasteiger partial charge on any atom is -0.387 e. The number of rotatable bonds is 6. The first-order valence-corrected chi connectivity index (χ1v) is 9.00. The molecule has 1 saturated carbocycles. The largest absolute Gasteiger partial charge is 0.387 e. The first-order valence-electron chi connectivity index (χ1n) is 9.00. The molecule has 1 amide bonds. The number of carbonyl (C=O) groups is 1. The molecule has 2 aliphatic rings. The van der Waals surface area contributed by atoms with Gasteiger partial charge in [0.2, 0.25) is 5.91 Å². The van der Waals surface area contributed by atoms with Crippen molar-refractivity contribution >= 4 is 5.91 Å². The molecule has 1 unspecified atom stereocenters. The van der Waals surface area contributed by atoms with Gasteiger partial charge in [0, 0.05) is 38.8 Å². The predicted molar refractivity (Wildman–Crippen MR) is 94.9 cm³/mol. The molecular formula is C19H29N3O2. The number of aliphatic hydroxyl groups is 1. The summed E-state index contributed by atoms with van der Waals surface area (Å²) in [7, 11) is 0. The van der Waals surface area contributed by atoms with E-state index in [4.69, 9.17) is 0 Å². The Morgan fingerprint density at radius 2 is 1.71 bits per heavy atom. The van der Waals surface area contributed by atoms with Crippen molar-refractivity contribution in [1.29, 1.82) is 0 Å². The third kappa shape index (κ3) is 5.03. The van der Waals surface area contributed by atoms with Crippen molar-refractivity contribution in [2.45, 2.75) is 38.8 Å². The molecule has 1 saturated heterocycles. The third-order valence-electron chi connectivity index (χ3n) is 4.83. The monoisotopic (exact) mass is 331 g/mol. The van der Waals surface area contributed by atoms with Crippen molar-refractivity contribution in [2.24, 2.45) is 0 Å². The van der Waals surface area contributed by atoms with Gasteiger partial charge in [0.15, 0.2) is 0 Å². The van der Waals surface area contributed by atoms with Crippen LogP contribution in [0, 0.1) is 13.8 Å². The van der Waals surface area contributed by atoms with Crippen LogP contribution in [0.4, 0.5) is 0 Å². The van der Waals surface area contributed by atoms with Crippen molar-refractivity contribution in [3.63, 3.8) is 0 Å². The molecule has 1 aromatic rings. The summed E-state index contributed by atoms with van der Waals surface area (Å²) in [6, 6.07) is 6.69. The number of hydrogen-bond donors (Lipinski definition) is 2. The summed E-state index contributed by atoms with van der Waals surface area (Å²) in [5.74, 6) is 0.154. The van der Waals surface area contributed by atoms with E-state index in [2.05, 4.69) is 47.2 Å². The lowest BCUT2D eigenvalue weighted by Crippen LogP contribution is -2.50. The highest BCUT2D eigenvalue weighted by Gasteiger charge is 2.25. The average Bonchev–Trinajstić information content (AvgIpc) is 3.32. The van der Waals surface area contributed by atoms with Crippen LogP contribution in [0.25, 0.3) is 0 Å². The Bertz CT molecular complexity index is 558. The summed E-state index contributed by atoms with van der Waals surface area (Å²) < 4.78 is 0. The van der Waals surface area contributed by atoms with E-state index in [9.17, 15) is 9.90 Å². The fourth-order valence-electron chi connectivity index (χ4n) is 3.39. The summed E-state index contributed by atoms with van der Waals surface area (Å²) in [6.45, 7) is 8.87. The Kier molecular flexibility index (Phi) is 5.54. The van der Waals surface area contributed by atoms with Crippen molar-refractivity contribution in [3.8, 4) is 0 Å². The second-order valence-electron chi connectivity index (χ2n) is 7.36. The highest BCUT2D eigenvalue weighted by atomic mass is 16.3. The molecular weight excluding hydrogens is 302 g/mol. The highest BCUT2D eigenvalue weighted by Crippen LogP contribution is 2.19. The molecule has 0 aromatic heterocycles. The maximum Gasteiger partial charge on any atom is 0.234 e. The molecule has 0 radical (unpaired) electrons.